The highest BCUT2D eigenvalue weighted by molar-refractivity contribution is 5.38. The van der Waals surface area contributed by atoms with Gasteiger partial charge in [-0.15, -0.1) is 0 Å². The molecule has 0 spiro atoms. The molecule has 7 atom stereocenters. The highest BCUT2D eigenvalue weighted by atomic mass is 16.3. The summed E-state index contributed by atoms with van der Waals surface area (Å²) in [6.45, 7) is 14.6. The minimum absolute atomic E-state index is 0.0864. The molecule has 31 heavy (non-hydrogen) atoms. The Kier molecular flexibility index (Phi) is 6.55. The first kappa shape index (κ1) is 21.7. The standard InChI is InChI=1S/C28H44O3/c1-18(9-10-19(2)27(4,5)31)24-13-14-25-21(8-7-15-28(24,25)6)11-12-22-16-23(29)17-26(30)20(22)3/h9-12,18-19,23-26,29-31H,3,7-8,13-17H2,1-2,4-6H3/b10-9+,21-11?,22-12?/t18-,19+,23-,24-,25?,26-,28-/m1/s1/i23D,29D. The predicted octanol–water partition coefficient (Wildman–Crippen LogP) is 5.73. The second kappa shape index (κ2) is 9.37. The topological polar surface area (TPSA) is 60.7 Å². The molecule has 3 aliphatic rings. The molecule has 174 valence electrons. The van der Waals surface area contributed by atoms with Crippen molar-refractivity contribution < 1.29 is 16.7 Å². The second-order valence-corrected chi connectivity index (χ2v) is 11.2. The summed E-state index contributed by atoms with van der Waals surface area (Å²) >= 11 is 0. The van der Waals surface area contributed by atoms with Crippen molar-refractivity contribution in [3.8, 4) is 0 Å². The van der Waals surface area contributed by atoms with E-state index in [-0.39, 0.29) is 24.2 Å². The minimum Gasteiger partial charge on any atom is -0.393 e. The molecule has 0 aromatic heterocycles. The summed E-state index contributed by atoms with van der Waals surface area (Å²) < 4.78 is 15.5. The van der Waals surface area contributed by atoms with Crippen LogP contribution in [0.1, 0.15) is 80.9 Å². The van der Waals surface area contributed by atoms with E-state index >= 15 is 0 Å². The fourth-order valence-electron chi connectivity index (χ4n) is 6.18. The zero-order valence-electron chi connectivity index (χ0n) is 22.2. The molecule has 0 radical (unpaired) electrons. The largest absolute Gasteiger partial charge is 0.393 e. The fourth-order valence-corrected chi connectivity index (χ4v) is 6.18. The lowest BCUT2D eigenvalue weighted by atomic mass is 9.61. The molecule has 0 aromatic carbocycles. The Hall–Kier alpha value is -1.16. The number of aliphatic hydroxyl groups excluding tert-OH is 1. The van der Waals surface area contributed by atoms with Gasteiger partial charge < -0.3 is 15.3 Å². The summed E-state index contributed by atoms with van der Waals surface area (Å²) in [7, 11) is 0. The highest BCUT2D eigenvalue weighted by Crippen LogP contribution is 2.59. The highest BCUT2D eigenvalue weighted by Gasteiger charge is 2.50. The lowest BCUT2D eigenvalue weighted by molar-refractivity contribution is 0.0436. The van der Waals surface area contributed by atoms with Gasteiger partial charge in [-0.3, -0.25) is 0 Å². The van der Waals surface area contributed by atoms with E-state index in [0.717, 1.165) is 12.0 Å². The van der Waals surface area contributed by atoms with Crippen molar-refractivity contribution in [2.45, 2.75) is 97.3 Å². The van der Waals surface area contributed by atoms with Crippen LogP contribution in [0.5, 0.6) is 0 Å². The van der Waals surface area contributed by atoms with Crippen LogP contribution in [-0.4, -0.2) is 34.5 Å². The van der Waals surface area contributed by atoms with E-state index in [1.54, 1.807) is 0 Å². The van der Waals surface area contributed by atoms with Crippen molar-refractivity contribution >= 4 is 0 Å². The van der Waals surface area contributed by atoms with Crippen LogP contribution in [0.15, 0.2) is 47.6 Å². The van der Waals surface area contributed by atoms with E-state index < -0.39 is 17.8 Å². The molecule has 0 bridgehead atoms. The zero-order chi connectivity index (χ0) is 24.6. The minimum atomic E-state index is -1.41. The Morgan fingerprint density at radius 3 is 2.68 bits per heavy atom. The summed E-state index contributed by atoms with van der Waals surface area (Å²) in [6.07, 6.45) is 12.8. The van der Waals surface area contributed by atoms with Crippen LogP contribution in [0.2, 0.25) is 0 Å². The van der Waals surface area contributed by atoms with Crippen LogP contribution in [-0.2, 0) is 0 Å². The molecule has 3 aliphatic carbocycles. The zero-order valence-corrected chi connectivity index (χ0v) is 20.2. The van der Waals surface area contributed by atoms with Gasteiger partial charge in [-0.2, -0.15) is 0 Å². The molecule has 3 rings (SSSR count). The van der Waals surface area contributed by atoms with Crippen molar-refractivity contribution in [2.75, 3.05) is 0 Å². The maximum Gasteiger partial charge on any atom is 0.210 e. The van der Waals surface area contributed by atoms with Crippen molar-refractivity contribution in [3.63, 3.8) is 0 Å². The Balaban J connectivity index is 1.79. The SMILES string of the molecule is [2H]O[C@]1([2H])CC(=CC=C2CCC[C@@]3(C)C2CC[C@@H]3[C@H](C)/C=C/[C@H](C)C(C)(C)O)C(=C)[C@H](O)C1. The lowest BCUT2D eigenvalue weighted by Crippen LogP contribution is -2.35. The first-order chi connectivity index (χ1) is 15.3. The molecule has 0 heterocycles. The number of hydrogen-bond donors (Lipinski definition) is 3. The van der Waals surface area contributed by atoms with Crippen molar-refractivity contribution in [1.82, 2.24) is 0 Å². The van der Waals surface area contributed by atoms with Gasteiger partial charge in [0.2, 0.25) is 1.43 Å². The average Bonchev–Trinajstić information content (AvgIpc) is 3.10. The van der Waals surface area contributed by atoms with E-state index in [2.05, 4.69) is 50.7 Å². The molecule has 1 unspecified atom stereocenters. The third-order valence-corrected chi connectivity index (χ3v) is 8.61. The van der Waals surface area contributed by atoms with Gasteiger partial charge >= 0.3 is 0 Å². The van der Waals surface area contributed by atoms with E-state index in [9.17, 15) is 10.2 Å². The molecule has 0 saturated heterocycles. The molecule has 0 amide bonds. The summed E-state index contributed by atoms with van der Waals surface area (Å²) in [5.74, 6) is 1.75. The first-order valence-corrected chi connectivity index (χ1v) is 12.1. The Morgan fingerprint density at radius 1 is 1.26 bits per heavy atom. The van der Waals surface area contributed by atoms with Gasteiger partial charge in [-0.25, -0.2) is 0 Å². The van der Waals surface area contributed by atoms with Gasteiger partial charge in [-0.05, 0) is 86.7 Å². The maximum atomic E-state index is 10.3. The summed E-state index contributed by atoms with van der Waals surface area (Å²) in [5.41, 5.74) is 2.49. The van der Waals surface area contributed by atoms with Crippen molar-refractivity contribution in [1.29, 1.82) is 1.43 Å². The van der Waals surface area contributed by atoms with Gasteiger partial charge in [0, 0.05) is 12.3 Å². The van der Waals surface area contributed by atoms with Crippen LogP contribution >= 0.6 is 0 Å². The summed E-state index contributed by atoms with van der Waals surface area (Å²) in [4.78, 5) is 0. The van der Waals surface area contributed by atoms with Crippen molar-refractivity contribution in [3.05, 3.63) is 47.6 Å². The molecular formula is C28H44O3. The molecule has 3 heteroatoms. The Morgan fingerprint density at radius 2 is 2.00 bits per heavy atom. The smallest absolute Gasteiger partial charge is 0.210 e. The van der Waals surface area contributed by atoms with Crippen LogP contribution in [0.25, 0.3) is 0 Å². The Labute approximate surface area is 192 Å². The number of allylic oxidation sites excluding steroid dienone is 4. The molecule has 3 fully saturated rings. The second-order valence-electron chi connectivity index (χ2n) is 11.2. The summed E-state index contributed by atoms with van der Waals surface area (Å²) in [5, 5.41) is 25.2. The van der Waals surface area contributed by atoms with Crippen LogP contribution in [0.4, 0.5) is 0 Å². The molecule has 0 aliphatic heterocycles. The van der Waals surface area contributed by atoms with Gasteiger partial charge in [-0.1, -0.05) is 57.2 Å². The quantitative estimate of drug-likeness (QED) is 0.472. The third-order valence-electron chi connectivity index (χ3n) is 8.61. The van der Waals surface area contributed by atoms with Crippen LogP contribution in [0, 0.1) is 29.1 Å². The maximum absolute atomic E-state index is 10.3. The number of fused-ring (bicyclic) bond motifs is 1. The number of aliphatic hydroxyl groups is 3. The number of hydrogen-bond acceptors (Lipinski definition) is 3. The molecule has 0 aromatic rings. The third kappa shape index (κ3) is 5.26. The summed E-state index contributed by atoms with van der Waals surface area (Å²) in [6, 6.07) is 0. The van der Waals surface area contributed by atoms with E-state index in [1.807, 2.05) is 19.9 Å². The normalized spacial score (nSPS) is 42.5. The molecule has 3 N–H and O–H groups in total. The molecule has 3 nitrogen and oxygen atoms in total. The van der Waals surface area contributed by atoms with E-state index in [4.69, 9.17) is 2.80 Å². The van der Waals surface area contributed by atoms with Crippen LogP contribution in [0.3, 0.4) is 0 Å². The van der Waals surface area contributed by atoms with Gasteiger partial charge in [0.25, 0.3) is 0 Å². The Bertz CT molecular complexity index is 823. The molecule has 3 saturated carbocycles. The first-order valence-electron chi connectivity index (χ1n) is 13.0. The van der Waals surface area contributed by atoms with Gasteiger partial charge in [0.15, 0.2) is 0 Å². The molecular weight excluding hydrogens is 384 g/mol. The van der Waals surface area contributed by atoms with E-state index in [0.29, 0.717) is 23.3 Å². The predicted molar refractivity (Wildman–Crippen MR) is 128 cm³/mol. The lowest BCUT2D eigenvalue weighted by Gasteiger charge is -2.44. The number of rotatable bonds is 6. The van der Waals surface area contributed by atoms with Gasteiger partial charge in [0.1, 0.15) is 0 Å². The fraction of sp³-hybridized carbons (Fsp3) is 0.714. The van der Waals surface area contributed by atoms with Gasteiger partial charge in [0.05, 0.1) is 19.2 Å². The average molecular weight is 431 g/mol. The van der Waals surface area contributed by atoms with Crippen molar-refractivity contribution in [2.24, 2.45) is 29.1 Å². The van der Waals surface area contributed by atoms with Crippen LogP contribution < -0.4 is 0 Å². The monoisotopic (exact) mass is 430 g/mol. The van der Waals surface area contributed by atoms with E-state index in [1.165, 1.54) is 31.3 Å².